The van der Waals surface area contributed by atoms with Gasteiger partial charge < -0.3 is 10.3 Å². The minimum absolute atomic E-state index is 0.168. The predicted molar refractivity (Wildman–Crippen MR) is 120 cm³/mol. The topological polar surface area (TPSA) is 65.2 Å². The molecule has 1 aliphatic rings. The van der Waals surface area contributed by atoms with Crippen molar-refractivity contribution in [2.24, 2.45) is 0 Å². The lowest BCUT2D eigenvalue weighted by atomic mass is 10.1. The van der Waals surface area contributed by atoms with E-state index in [9.17, 15) is 9.59 Å². The molecule has 1 fully saturated rings. The van der Waals surface area contributed by atoms with E-state index in [0.717, 1.165) is 33.7 Å². The maximum absolute atomic E-state index is 13.0. The summed E-state index contributed by atoms with van der Waals surface area (Å²) in [5.41, 5.74) is 2.81. The Morgan fingerprint density at radius 3 is 2.77 bits per heavy atom. The number of rotatable bonds is 5. The number of carbonyl (C=O) groups is 2. The number of halogens is 1. The lowest BCUT2D eigenvalue weighted by Gasteiger charge is -2.17. The van der Waals surface area contributed by atoms with Gasteiger partial charge >= 0.3 is 0 Å². The lowest BCUT2D eigenvalue weighted by Crippen LogP contribution is -2.39. The molecule has 5 rings (SSSR count). The number of carbonyl (C=O) groups excluding carboxylic acids is 2. The zero-order chi connectivity index (χ0) is 20.7. The minimum atomic E-state index is -0.509. The highest BCUT2D eigenvalue weighted by atomic mass is 35.5. The summed E-state index contributed by atoms with van der Waals surface area (Å²) in [5.74, 6) is -0.369. The van der Waals surface area contributed by atoms with E-state index in [4.69, 9.17) is 11.6 Å². The van der Waals surface area contributed by atoms with E-state index in [1.807, 2.05) is 66.9 Å². The maximum atomic E-state index is 13.0. The smallest absolute Gasteiger partial charge is 0.251 e. The van der Waals surface area contributed by atoms with Crippen molar-refractivity contribution in [2.75, 3.05) is 11.4 Å². The largest absolute Gasteiger partial charge is 0.361 e. The fourth-order valence-corrected chi connectivity index (χ4v) is 4.36. The molecule has 2 amide bonds. The van der Waals surface area contributed by atoms with Crippen LogP contribution in [-0.4, -0.2) is 29.4 Å². The van der Waals surface area contributed by atoms with E-state index in [2.05, 4.69) is 10.3 Å². The Hall–Kier alpha value is -3.15. The molecule has 0 saturated carbocycles. The van der Waals surface area contributed by atoms with Gasteiger partial charge in [-0.25, -0.2) is 4.90 Å². The molecule has 0 bridgehead atoms. The van der Waals surface area contributed by atoms with Gasteiger partial charge in [0.05, 0.1) is 18.2 Å². The third kappa shape index (κ3) is 3.26. The second kappa shape index (κ2) is 7.59. The molecule has 6 heteroatoms. The van der Waals surface area contributed by atoms with Crippen LogP contribution in [0.4, 0.5) is 5.69 Å². The summed E-state index contributed by atoms with van der Waals surface area (Å²) in [6.45, 7) is 0.590. The van der Waals surface area contributed by atoms with Crippen LogP contribution in [0.25, 0.3) is 21.7 Å². The summed E-state index contributed by atoms with van der Waals surface area (Å²) in [4.78, 5) is 30.3. The Morgan fingerprint density at radius 2 is 1.87 bits per heavy atom. The number of aromatic amines is 1. The Bertz CT molecular complexity index is 1270. The molecule has 0 aliphatic carbocycles. The zero-order valence-electron chi connectivity index (χ0n) is 16.2. The van der Waals surface area contributed by atoms with E-state index >= 15 is 0 Å². The van der Waals surface area contributed by atoms with Crippen molar-refractivity contribution in [1.29, 1.82) is 0 Å². The first-order valence-electron chi connectivity index (χ1n) is 9.95. The van der Waals surface area contributed by atoms with E-state index in [1.165, 1.54) is 4.90 Å². The number of aromatic nitrogens is 1. The van der Waals surface area contributed by atoms with Crippen molar-refractivity contribution in [2.45, 2.75) is 18.9 Å². The van der Waals surface area contributed by atoms with E-state index < -0.39 is 6.04 Å². The number of amides is 2. The van der Waals surface area contributed by atoms with Crippen LogP contribution in [0.5, 0.6) is 0 Å². The molecule has 2 heterocycles. The molecular weight excluding hydrogens is 398 g/mol. The standard InChI is InChI=1S/C24H20ClN3O2/c25-17-8-9-20-19(12-17)16(14-27-20)10-11-26-21-13-23(29)28(24(21)30)22-7-3-5-15-4-1-2-6-18(15)22/h1-9,12,14,21,26-27H,10-11,13H2/t21-/m0/s1. The molecular formula is C24H20ClN3O2. The van der Waals surface area contributed by atoms with Gasteiger partial charge in [0.1, 0.15) is 0 Å². The number of H-pyrrole nitrogens is 1. The van der Waals surface area contributed by atoms with Gasteiger partial charge in [0.2, 0.25) is 5.91 Å². The van der Waals surface area contributed by atoms with Crippen LogP contribution in [0.1, 0.15) is 12.0 Å². The third-order valence-electron chi connectivity index (χ3n) is 5.67. The summed E-state index contributed by atoms with van der Waals surface area (Å²) in [6, 6.07) is 18.7. The molecule has 3 aromatic carbocycles. The Morgan fingerprint density at radius 1 is 1.03 bits per heavy atom. The van der Waals surface area contributed by atoms with Gasteiger partial charge in [-0.2, -0.15) is 0 Å². The van der Waals surface area contributed by atoms with E-state index in [1.54, 1.807) is 0 Å². The van der Waals surface area contributed by atoms with Gasteiger partial charge in [0.25, 0.3) is 5.91 Å². The number of hydrogen-bond acceptors (Lipinski definition) is 3. The fourth-order valence-electron chi connectivity index (χ4n) is 4.19. The second-order valence-corrected chi connectivity index (χ2v) is 7.97. The molecule has 5 nitrogen and oxygen atoms in total. The highest BCUT2D eigenvalue weighted by Crippen LogP contribution is 2.30. The lowest BCUT2D eigenvalue weighted by molar-refractivity contribution is -0.121. The van der Waals surface area contributed by atoms with Gasteiger partial charge in [-0.05, 0) is 41.6 Å². The first-order chi connectivity index (χ1) is 14.6. The van der Waals surface area contributed by atoms with Crippen molar-refractivity contribution in [3.05, 3.63) is 77.4 Å². The molecule has 1 aromatic heterocycles. The molecule has 1 atom stereocenters. The highest BCUT2D eigenvalue weighted by molar-refractivity contribution is 6.31. The van der Waals surface area contributed by atoms with Crippen LogP contribution >= 0.6 is 11.6 Å². The minimum Gasteiger partial charge on any atom is -0.361 e. The number of nitrogens with one attached hydrogen (secondary N) is 2. The number of benzene rings is 3. The summed E-state index contributed by atoms with van der Waals surface area (Å²) < 4.78 is 0. The number of fused-ring (bicyclic) bond motifs is 2. The molecule has 0 unspecified atom stereocenters. The van der Waals surface area contributed by atoms with Crippen LogP contribution in [0.15, 0.2) is 66.9 Å². The molecule has 30 heavy (non-hydrogen) atoms. The predicted octanol–water partition coefficient (Wildman–Crippen LogP) is 4.44. The summed E-state index contributed by atoms with van der Waals surface area (Å²) >= 11 is 6.12. The SMILES string of the molecule is O=C1C[C@H](NCCc2c[nH]c3ccc(Cl)cc23)C(=O)N1c1cccc2ccccc12. The van der Waals surface area contributed by atoms with Crippen LogP contribution in [0, 0.1) is 0 Å². The average molecular weight is 418 g/mol. The zero-order valence-corrected chi connectivity index (χ0v) is 16.9. The van der Waals surface area contributed by atoms with Gasteiger partial charge in [-0.1, -0.05) is 48.0 Å². The Labute approximate surface area is 178 Å². The fraction of sp³-hybridized carbons (Fsp3) is 0.167. The van der Waals surface area contributed by atoms with E-state index in [0.29, 0.717) is 17.3 Å². The van der Waals surface area contributed by atoms with Gasteiger partial charge in [-0.3, -0.25) is 9.59 Å². The van der Waals surface area contributed by atoms with Crippen molar-refractivity contribution in [3.8, 4) is 0 Å². The first-order valence-corrected chi connectivity index (χ1v) is 10.3. The average Bonchev–Trinajstić information content (AvgIpc) is 3.27. The van der Waals surface area contributed by atoms with Crippen molar-refractivity contribution < 1.29 is 9.59 Å². The first kappa shape index (κ1) is 18.9. The number of nitrogens with zero attached hydrogens (tertiary/aromatic N) is 1. The van der Waals surface area contributed by atoms with Gasteiger partial charge in [-0.15, -0.1) is 0 Å². The quantitative estimate of drug-likeness (QED) is 0.472. The number of imide groups is 1. The monoisotopic (exact) mass is 417 g/mol. The third-order valence-corrected chi connectivity index (χ3v) is 5.90. The number of anilines is 1. The molecule has 4 aromatic rings. The van der Waals surface area contributed by atoms with Gasteiger partial charge in [0.15, 0.2) is 0 Å². The molecule has 0 spiro atoms. The Kier molecular flexibility index (Phi) is 4.77. The summed E-state index contributed by atoms with van der Waals surface area (Å²) in [7, 11) is 0. The molecule has 1 saturated heterocycles. The van der Waals surface area contributed by atoms with Crippen molar-refractivity contribution in [3.63, 3.8) is 0 Å². The van der Waals surface area contributed by atoms with Crippen LogP contribution in [0.3, 0.4) is 0 Å². The highest BCUT2D eigenvalue weighted by Gasteiger charge is 2.39. The molecule has 150 valence electrons. The summed E-state index contributed by atoms with van der Waals surface area (Å²) in [5, 5.41) is 6.95. The summed E-state index contributed by atoms with van der Waals surface area (Å²) in [6.07, 6.45) is 2.86. The van der Waals surface area contributed by atoms with Crippen molar-refractivity contribution in [1.82, 2.24) is 10.3 Å². The normalized spacial score (nSPS) is 16.8. The van der Waals surface area contributed by atoms with Crippen LogP contribution in [0.2, 0.25) is 5.02 Å². The molecule has 1 aliphatic heterocycles. The van der Waals surface area contributed by atoms with Crippen LogP contribution < -0.4 is 10.2 Å². The van der Waals surface area contributed by atoms with Gasteiger partial charge in [0, 0.05) is 34.1 Å². The molecule has 0 radical (unpaired) electrons. The number of hydrogen-bond donors (Lipinski definition) is 2. The van der Waals surface area contributed by atoms with Crippen LogP contribution in [-0.2, 0) is 16.0 Å². The molecule has 2 N–H and O–H groups in total. The second-order valence-electron chi connectivity index (χ2n) is 7.53. The van der Waals surface area contributed by atoms with E-state index in [-0.39, 0.29) is 18.2 Å². The maximum Gasteiger partial charge on any atom is 0.251 e. The van der Waals surface area contributed by atoms with Crippen molar-refractivity contribution >= 4 is 50.8 Å². The Balaban J connectivity index is 1.31.